The monoisotopic (exact) mass is 537 g/mol. The zero-order chi connectivity index (χ0) is 27.1. The first-order chi connectivity index (χ1) is 17.4. The molecule has 206 valence electrons. The summed E-state index contributed by atoms with van der Waals surface area (Å²) in [7, 11) is -3.39. The number of nitrogens with one attached hydrogen (secondary N) is 1. The highest BCUT2D eigenvalue weighted by molar-refractivity contribution is 7.88. The van der Waals surface area contributed by atoms with E-state index in [1.807, 2.05) is 20.8 Å². The average molecular weight is 538 g/mol. The molecule has 12 heteroatoms. The normalized spacial score (nSPS) is 20.9. The van der Waals surface area contributed by atoms with Gasteiger partial charge in [0, 0.05) is 57.9 Å². The minimum Gasteiger partial charge on any atom is -0.492 e. The molecule has 2 saturated heterocycles. The number of nitrogens with zero attached hydrogens (tertiary/aromatic N) is 4. The van der Waals surface area contributed by atoms with Crippen LogP contribution in [0.4, 0.5) is 4.79 Å². The number of carbonyl (C=O) groups is 1. The number of ether oxygens (including phenoxy) is 3. The number of carbonyl (C=O) groups excluding carboxylic acids is 1. The number of hydrogen-bond acceptors (Lipinski definition) is 9. The predicted octanol–water partition coefficient (Wildman–Crippen LogP) is 1.11. The van der Waals surface area contributed by atoms with Gasteiger partial charge in [0.15, 0.2) is 0 Å². The Morgan fingerprint density at radius 3 is 2.22 bits per heavy atom. The summed E-state index contributed by atoms with van der Waals surface area (Å²) >= 11 is 0. The molecule has 2 fully saturated rings. The first-order valence-electron chi connectivity index (χ1n) is 12.5. The van der Waals surface area contributed by atoms with Gasteiger partial charge in [0.25, 0.3) is 0 Å². The third-order valence-corrected chi connectivity index (χ3v) is 7.38. The molecule has 1 N–H and O–H groups in total. The molecular formula is C25H39N5O6S. The van der Waals surface area contributed by atoms with E-state index in [0.29, 0.717) is 37.6 Å². The van der Waals surface area contributed by atoms with Crippen LogP contribution in [0.1, 0.15) is 26.3 Å². The molecule has 2 atom stereocenters. The molecular weight excluding hydrogens is 498 g/mol. The molecule has 37 heavy (non-hydrogen) atoms. The van der Waals surface area contributed by atoms with Crippen LogP contribution in [0.25, 0.3) is 0 Å². The lowest BCUT2D eigenvalue weighted by atomic mass is 10.1. The highest BCUT2D eigenvalue weighted by Crippen LogP contribution is 2.19. The molecule has 11 nitrogen and oxygen atoms in total. The van der Waals surface area contributed by atoms with Crippen molar-refractivity contribution in [3.8, 4) is 11.8 Å². The molecule has 1 amide bonds. The smallest absolute Gasteiger partial charge is 0.407 e. The van der Waals surface area contributed by atoms with Crippen molar-refractivity contribution in [2.45, 2.75) is 38.5 Å². The van der Waals surface area contributed by atoms with E-state index in [9.17, 15) is 13.2 Å². The fraction of sp³-hybridized carbons (Fsp3) is 0.680. The fourth-order valence-electron chi connectivity index (χ4n) is 4.42. The molecule has 0 aromatic heterocycles. The summed E-state index contributed by atoms with van der Waals surface area (Å²) in [6.07, 6.45) is 0.860. The first-order valence-corrected chi connectivity index (χ1v) is 14.4. The molecule has 1 aromatic rings. The maximum Gasteiger partial charge on any atom is 0.407 e. The highest BCUT2D eigenvalue weighted by atomic mass is 32.2. The third-order valence-electron chi connectivity index (χ3n) is 6.08. The zero-order valence-electron chi connectivity index (χ0n) is 22.2. The third kappa shape index (κ3) is 10.1. The van der Waals surface area contributed by atoms with Gasteiger partial charge >= 0.3 is 6.09 Å². The molecule has 2 unspecified atom stereocenters. The largest absolute Gasteiger partial charge is 0.492 e. The lowest BCUT2D eigenvalue weighted by Gasteiger charge is -2.46. The Labute approximate surface area is 220 Å². The fourth-order valence-corrected chi connectivity index (χ4v) is 5.24. The minimum atomic E-state index is -3.39. The second-order valence-corrected chi connectivity index (χ2v) is 12.5. The van der Waals surface area contributed by atoms with E-state index in [1.54, 1.807) is 24.3 Å². The Morgan fingerprint density at radius 2 is 1.68 bits per heavy atom. The van der Waals surface area contributed by atoms with Gasteiger partial charge in [0.1, 0.15) is 19.0 Å². The number of alkyl carbamates (subject to hydrolysis) is 1. The van der Waals surface area contributed by atoms with Crippen molar-refractivity contribution in [3.63, 3.8) is 0 Å². The summed E-state index contributed by atoms with van der Waals surface area (Å²) in [4.78, 5) is 16.4. The summed E-state index contributed by atoms with van der Waals surface area (Å²) in [5.41, 5.74) is 0.210. The standard InChI is InChI=1S/C25H39N5O6S/c1-25(2,3)27-24(31)35-13-11-29-18-22-16-28(17-23(19-29)36-22)9-10-30(37(4,32)33)12-14-34-21-7-5-20(15-26)6-8-21/h5-8,22-23H,9-14,16-19H2,1-4H3,(H,27,31). The number of benzene rings is 1. The Bertz CT molecular complexity index is 1020. The van der Waals surface area contributed by atoms with Crippen LogP contribution in [0.15, 0.2) is 24.3 Å². The molecule has 2 heterocycles. The topological polar surface area (TPSA) is 124 Å². The van der Waals surface area contributed by atoms with Crippen LogP contribution >= 0.6 is 0 Å². The average Bonchev–Trinajstić information content (AvgIpc) is 2.79. The van der Waals surface area contributed by atoms with Gasteiger partial charge in [0.2, 0.25) is 10.0 Å². The van der Waals surface area contributed by atoms with Crippen LogP contribution in [0, 0.1) is 11.3 Å². The van der Waals surface area contributed by atoms with Crippen LogP contribution < -0.4 is 10.1 Å². The van der Waals surface area contributed by atoms with Gasteiger partial charge in [-0.2, -0.15) is 9.57 Å². The lowest BCUT2D eigenvalue weighted by molar-refractivity contribution is -0.139. The van der Waals surface area contributed by atoms with E-state index in [1.165, 1.54) is 10.6 Å². The van der Waals surface area contributed by atoms with E-state index in [0.717, 1.165) is 26.2 Å². The number of hydrogen-bond donors (Lipinski definition) is 1. The molecule has 3 rings (SSSR count). The van der Waals surface area contributed by atoms with Crippen molar-refractivity contribution in [3.05, 3.63) is 29.8 Å². The molecule has 0 aliphatic carbocycles. The van der Waals surface area contributed by atoms with Gasteiger partial charge in [-0.15, -0.1) is 0 Å². The number of fused-ring (bicyclic) bond motifs is 2. The molecule has 0 spiro atoms. The molecule has 1 aromatic carbocycles. The van der Waals surface area contributed by atoms with Crippen molar-refractivity contribution in [1.29, 1.82) is 5.26 Å². The lowest BCUT2D eigenvalue weighted by Crippen LogP contribution is -2.60. The molecule has 2 aliphatic heterocycles. The number of rotatable bonds is 11. The summed E-state index contributed by atoms with van der Waals surface area (Å²) in [5, 5.41) is 11.7. The minimum absolute atomic E-state index is 0.0299. The van der Waals surface area contributed by atoms with E-state index >= 15 is 0 Å². The SMILES string of the molecule is CC(C)(C)NC(=O)OCCN1CC2CN(CCN(CCOc3ccc(C#N)cc3)S(C)(=O)=O)CC(C1)O2. The second kappa shape index (κ2) is 12.9. The van der Waals surface area contributed by atoms with Gasteiger partial charge in [-0.05, 0) is 45.0 Å². The highest BCUT2D eigenvalue weighted by Gasteiger charge is 2.35. The zero-order valence-corrected chi connectivity index (χ0v) is 23.0. The molecule has 0 radical (unpaired) electrons. The van der Waals surface area contributed by atoms with Crippen molar-refractivity contribution < 1.29 is 27.4 Å². The maximum absolute atomic E-state index is 12.3. The van der Waals surface area contributed by atoms with E-state index in [-0.39, 0.29) is 30.9 Å². The van der Waals surface area contributed by atoms with E-state index in [2.05, 4.69) is 21.2 Å². The Morgan fingerprint density at radius 1 is 1.08 bits per heavy atom. The first kappa shape index (κ1) is 29.1. The van der Waals surface area contributed by atoms with Gasteiger partial charge in [-0.3, -0.25) is 9.80 Å². The van der Waals surface area contributed by atoms with Crippen LogP contribution in [0.3, 0.4) is 0 Å². The Kier molecular flexibility index (Phi) is 10.1. The maximum atomic E-state index is 12.3. The Hall–Kier alpha value is -2.43. The quantitative estimate of drug-likeness (QED) is 0.442. The van der Waals surface area contributed by atoms with Crippen molar-refractivity contribution in [1.82, 2.24) is 19.4 Å². The van der Waals surface area contributed by atoms with Crippen molar-refractivity contribution >= 4 is 16.1 Å². The van der Waals surface area contributed by atoms with E-state index < -0.39 is 16.1 Å². The molecule has 2 aliphatic rings. The summed E-state index contributed by atoms with van der Waals surface area (Å²) in [5.74, 6) is 0.596. The summed E-state index contributed by atoms with van der Waals surface area (Å²) in [6.45, 7) is 11.0. The van der Waals surface area contributed by atoms with Gasteiger partial charge < -0.3 is 19.5 Å². The summed E-state index contributed by atoms with van der Waals surface area (Å²) in [6, 6.07) is 8.78. The van der Waals surface area contributed by atoms with Gasteiger partial charge in [-0.25, -0.2) is 13.2 Å². The second-order valence-electron chi connectivity index (χ2n) is 10.6. The number of amides is 1. The van der Waals surface area contributed by atoms with Crippen molar-refractivity contribution in [2.24, 2.45) is 0 Å². The van der Waals surface area contributed by atoms with E-state index in [4.69, 9.17) is 19.5 Å². The Balaban J connectivity index is 1.40. The van der Waals surface area contributed by atoms with Gasteiger partial charge in [0.05, 0.1) is 30.1 Å². The van der Waals surface area contributed by atoms with Crippen LogP contribution in [0.2, 0.25) is 0 Å². The number of morpholine rings is 2. The van der Waals surface area contributed by atoms with Crippen LogP contribution in [-0.2, 0) is 19.5 Å². The number of sulfonamides is 1. The summed E-state index contributed by atoms with van der Waals surface area (Å²) < 4.78 is 43.2. The predicted molar refractivity (Wildman–Crippen MR) is 139 cm³/mol. The van der Waals surface area contributed by atoms with Crippen LogP contribution in [-0.4, -0.2) is 118 Å². The molecule has 0 saturated carbocycles. The van der Waals surface area contributed by atoms with Crippen molar-refractivity contribution in [2.75, 3.05) is 71.8 Å². The number of nitriles is 1. The van der Waals surface area contributed by atoms with Crippen LogP contribution in [0.5, 0.6) is 5.75 Å². The molecule has 2 bridgehead atoms. The van der Waals surface area contributed by atoms with Gasteiger partial charge in [-0.1, -0.05) is 0 Å².